The van der Waals surface area contributed by atoms with Crippen molar-refractivity contribution in [3.05, 3.63) is 29.3 Å². The van der Waals surface area contributed by atoms with Crippen LogP contribution in [0, 0.1) is 0 Å². The van der Waals surface area contributed by atoms with Crippen LogP contribution in [0.15, 0.2) is 18.2 Å². The van der Waals surface area contributed by atoms with Gasteiger partial charge in [-0.1, -0.05) is 12.1 Å². The van der Waals surface area contributed by atoms with Crippen molar-refractivity contribution < 1.29 is 9.59 Å². The van der Waals surface area contributed by atoms with Crippen molar-refractivity contribution in [3.63, 3.8) is 0 Å². The van der Waals surface area contributed by atoms with Gasteiger partial charge in [-0.15, -0.1) is 0 Å². The van der Waals surface area contributed by atoms with Crippen molar-refractivity contribution in [1.29, 1.82) is 0 Å². The van der Waals surface area contributed by atoms with E-state index in [-0.39, 0.29) is 5.91 Å². The number of aldehydes is 1. The normalized spacial score (nSPS) is 14.5. The molecule has 0 aliphatic carbocycles. The lowest BCUT2D eigenvalue weighted by atomic mass is 9.98. The lowest BCUT2D eigenvalue weighted by Crippen LogP contribution is -2.31. The standard InChI is InChI=1S/C14H18N2O2/c1-16-13-4-2-11(6-7-15-8-9-17)10-12(13)3-5-14(16)18/h2,4,9-10,15H,3,5-8H2,1H3. The molecule has 4 heteroatoms. The molecule has 0 aromatic heterocycles. The van der Waals surface area contributed by atoms with E-state index in [1.54, 1.807) is 4.90 Å². The third kappa shape index (κ3) is 2.76. The van der Waals surface area contributed by atoms with Gasteiger partial charge in [-0.05, 0) is 36.6 Å². The van der Waals surface area contributed by atoms with Crippen molar-refractivity contribution >= 4 is 17.9 Å². The molecule has 0 unspecified atom stereocenters. The highest BCUT2D eigenvalue weighted by atomic mass is 16.2. The van der Waals surface area contributed by atoms with Gasteiger partial charge >= 0.3 is 0 Å². The van der Waals surface area contributed by atoms with Gasteiger partial charge in [0.1, 0.15) is 6.29 Å². The van der Waals surface area contributed by atoms with Gasteiger partial charge in [-0.2, -0.15) is 0 Å². The van der Waals surface area contributed by atoms with E-state index in [9.17, 15) is 9.59 Å². The van der Waals surface area contributed by atoms with Crippen LogP contribution in [0.5, 0.6) is 0 Å². The van der Waals surface area contributed by atoms with Crippen molar-refractivity contribution in [2.75, 3.05) is 25.0 Å². The number of hydrogen-bond acceptors (Lipinski definition) is 3. The van der Waals surface area contributed by atoms with E-state index < -0.39 is 0 Å². The maximum atomic E-state index is 11.6. The van der Waals surface area contributed by atoms with Gasteiger partial charge in [-0.3, -0.25) is 4.79 Å². The van der Waals surface area contributed by atoms with Crippen molar-refractivity contribution in [2.45, 2.75) is 19.3 Å². The van der Waals surface area contributed by atoms with Crippen LogP contribution in [0.25, 0.3) is 0 Å². The molecule has 0 radical (unpaired) electrons. The third-order valence-electron chi connectivity index (χ3n) is 3.31. The molecule has 1 N–H and O–H groups in total. The van der Waals surface area contributed by atoms with Gasteiger partial charge < -0.3 is 15.0 Å². The van der Waals surface area contributed by atoms with Gasteiger partial charge in [0, 0.05) is 19.2 Å². The number of hydrogen-bond donors (Lipinski definition) is 1. The Hall–Kier alpha value is -1.68. The van der Waals surface area contributed by atoms with Crippen LogP contribution in [0.1, 0.15) is 17.5 Å². The fourth-order valence-corrected chi connectivity index (χ4v) is 2.26. The molecule has 0 fully saturated rings. The van der Waals surface area contributed by atoms with E-state index in [1.165, 1.54) is 11.1 Å². The predicted molar refractivity (Wildman–Crippen MR) is 70.8 cm³/mol. The zero-order valence-corrected chi connectivity index (χ0v) is 10.6. The zero-order chi connectivity index (χ0) is 13.0. The molecule has 0 saturated carbocycles. The summed E-state index contributed by atoms with van der Waals surface area (Å²) in [5.41, 5.74) is 3.51. The number of carbonyl (C=O) groups is 2. The average molecular weight is 246 g/mol. The SMILES string of the molecule is CN1C(=O)CCc2cc(CCNCC=O)ccc21. The molecule has 0 saturated heterocycles. The van der Waals surface area contributed by atoms with Gasteiger partial charge in [-0.25, -0.2) is 0 Å². The van der Waals surface area contributed by atoms with Crippen molar-refractivity contribution in [2.24, 2.45) is 0 Å². The van der Waals surface area contributed by atoms with Gasteiger partial charge in [0.2, 0.25) is 5.91 Å². The van der Waals surface area contributed by atoms with Crippen molar-refractivity contribution in [1.82, 2.24) is 5.32 Å². The molecule has 1 aromatic rings. The van der Waals surface area contributed by atoms with Crippen LogP contribution in [-0.2, 0) is 22.4 Å². The van der Waals surface area contributed by atoms with Crippen LogP contribution in [0.4, 0.5) is 5.69 Å². The fraction of sp³-hybridized carbons (Fsp3) is 0.429. The number of amides is 1. The summed E-state index contributed by atoms with van der Waals surface area (Å²) in [6, 6.07) is 6.23. The molecule has 0 spiro atoms. The molecular weight excluding hydrogens is 228 g/mol. The summed E-state index contributed by atoms with van der Waals surface area (Å²) in [7, 11) is 1.83. The summed E-state index contributed by atoms with van der Waals surface area (Å²) in [4.78, 5) is 23.5. The number of benzene rings is 1. The summed E-state index contributed by atoms with van der Waals surface area (Å²) in [6.07, 6.45) is 3.19. The molecule has 96 valence electrons. The molecule has 1 aliphatic rings. The number of nitrogens with one attached hydrogen (secondary N) is 1. The number of nitrogens with zero attached hydrogens (tertiary/aromatic N) is 1. The Labute approximate surface area is 107 Å². The summed E-state index contributed by atoms with van der Waals surface area (Å²) in [5.74, 6) is 0.183. The topological polar surface area (TPSA) is 49.4 Å². The molecule has 1 aliphatic heterocycles. The van der Waals surface area contributed by atoms with Crippen LogP contribution in [0.3, 0.4) is 0 Å². The molecule has 4 nitrogen and oxygen atoms in total. The quantitative estimate of drug-likeness (QED) is 0.621. The summed E-state index contributed by atoms with van der Waals surface area (Å²) >= 11 is 0. The van der Waals surface area contributed by atoms with Crippen LogP contribution in [-0.4, -0.2) is 32.3 Å². The molecule has 1 heterocycles. The molecule has 0 bridgehead atoms. The second-order valence-electron chi connectivity index (χ2n) is 4.54. The highest BCUT2D eigenvalue weighted by Crippen LogP contribution is 2.27. The summed E-state index contributed by atoms with van der Waals surface area (Å²) in [6.45, 7) is 1.20. The van der Waals surface area contributed by atoms with E-state index in [0.29, 0.717) is 13.0 Å². The molecule has 0 atom stereocenters. The molecule has 2 rings (SSSR count). The zero-order valence-electron chi connectivity index (χ0n) is 10.6. The Bertz CT molecular complexity index is 457. The number of carbonyl (C=O) groups excluding carboxylic acids is 2. The first-order valence-electron chi connectivity index (χ1n) is 6.25. The first kappa shape index (κ1) is 12.8. The van der Waals surface area contributed by atoms with E-state index in [0.717, 1.165) is 31.4 Å². The third-order valence-corrected chi connectivity index (χ3v) is 3.31. The maximum Gasteiger partial charge on any atom is 0.227 e. The lowest BCUT2D eigenvalue weighted by Gasteiger charge is -2.26. The highest BCUT2D eigenvalue weighted by molar-refractivity contribution is 5.95. The monoisotopic (exact) mass is 246 g/mol. The summed E-state index contributed by atoms with van der Waals surface area (Å²) in [5, 5.41) is 3.05. The van der Waals surface area contributed by atoms with Crippen molar-refractivity contribution in [3.8, 4) is 0 Å². The van der Waals surface area contributed by atoms with Crippen LogP contribution in [0.2, 0.25) is 0 Å². The smallest absolute Gasteiger partial charge is 0.227 e. The Morgan fingerprint density at radius 1 is 1.39 bits per heavy atom. The first-order chi connectivity index (χ1) is 8.72. The van der Waals surface area contributed by atoms with Crippen LogP contribution >= 0.6 is 0 Å². The Balaban J connectivity index is 2.03. The van der Waals surface area contributed by atoms with Gasteiger partial charge in [0.05, 0.1) is 6.54 Å². The predicted octanol–water partition coefficient (Wildman–Crippen LogP) is 0.927. The number of fused-ring (bicyclic) bond motifs is 1. The Morgan fingerprint density at radius 3 is 3.00 bits per heavy atom. The molecular formula is C14H18N2O2. The van der Waals surface area contributed by atoms with E-state index in [2.05, 4.69) is 17.4 Å². The maximum absolute atomic E-state index is 11.6. The van der Waals surface area contributed by atoms with Gasteiger partial charge in [0.25, 0.3) is 0 Å². The highest BCUT2D eigenvalue weighted by Gasteiger charge is 2.20. The Morgan fingerprint density at radius 2 is 2.22 bits per heavy atom. The molecule has 1 amide bonds. The first-order valence-corrected chi connectivity index (χ1v) is 6.25. The minimum absolute atomic E-state index is 0.183. The van der Waals surface area contributed by atoms with Gasteiger partial charge in [0.15, 0.2) is 0 Å². The van der Waals surface area contributed by atoms with E-state index in [4.69, 9.17) is 0 Å². The minimum Gasteiger partial charge on any atom is -0.315 e. The largest absolute Gasteiger partial charge is 0.315 e. The fourth-order valence-electron chi connectivity index (χ4n) is 2.26. The average Bonchev–Trinajstić information content (AvgIpc) is 2.39. The lowest BCUT2D eigenvalue weighted by molar-refractivity contribution is -0.118. The van der Waals surface area contributed by atoms with E-state index >= 15 is 0 Å². The minimum atomic E-state index is 0.183. The molecule has 1 aromatic carbocycles. The second-order valence-corrected chi connectivity index (χ2v) is 4.54. The Kier molecular flexibility index (Phi) is 4.10. The van der Waals surface area contributed by atoms with Crippen LogP contribution < -0.4 is 10.2 Å². The molecule has 18 heavy (non-hydrogen) atoms. The number of rotatable bonds is 5. The summed E-state index contributed by atoms with van der Waals surface area (Å²) < 4.78 is 0. The van der Waals surface area contributed by atoms with E-state index in [1.807, 2.05) is 13.1 Å². The second kappa shape index (κ2) is 5.78. The number of anilines is 1. The number of aryl methyl sites for hydroxylation is 1.